The van der Waals surface area contributed by atoms with Gasteiger partial charge in [0.25, 0.3) is 0 Å². The zero-order valence-corrected chi connectivity index (χ0v) is 17.4. The minimum absolute atomic E-state index is 0. The second-order valence-corrected chi connectivity index (χ2v) is 6.96. The van der Waals surface area contributed by atoms with Crippen LogP contribution in [0.1, 0.15) is 21.7 Å². The molecule has 0 aliphatic heterocycles. The summed E-state index contributed by atoms with van der Waals surface area (Å²) in [6.07, 6.45) is 3.42. The number of methoxy groups -OCH3 is 1. The lowest BCUT2D eigenvalue weighted by molar-refractivity contribution is 0.0683. The molecule has 0 unspecified atom stereocenters. The molecule has 2 aromatic heterocycles. The van der Waals surface area contributed by atoms with E-state index in [-0.39, 0.29) is 24.7 Å². The zero-order valence-electron chi connectivity index (χ0n) is 15.8. The summed E-state index contributed by atoms with van der Waals surface area (Å²) in [5.74, 6) is -1.21. The number of aromatic carboxylic acids is 1. The fourth-order valence-corrected chi connectivity index (χ4v) is 3.53. The number of benzene rings is 2. The number of carboxylic acid groups (broad SMARTS) is 1. The van der Waals surface area contributed by atoms with Crippen LogP contribution < -0.4 is 4.74 Å². The number of nitrogens with zero attached hydrogens (tertiary/aromatic N) is 2. The van der Waals surface area contributed by atoms with Crippen molar-refractivity contribution >= 4 is 35.5 Å². The molecule has 0 bridgehead atoms. The first kappa shape index (κ1) is 21.6. The SMILES string of the molecule is COc1ccc(Cc2ccc3cnc(C(=O)O)n3c2)c(F)c1-c1cccc(Cl)c1.Cl. The number of pyridine rings is 1. The first-order valence-corrected chi connectivity index (χ1v) is 9.16. The number of fused-ring (bicyclic) bond motifs is 1. The number of halogens is 3. The Kier molecular flexibility index (Phi) is 6.29. The summed E-state index contributed by atoms with van der Waals surface area (Å²) < 4.78 is 22.3. The van der Waals surface area contributed by atoms with Crippen LogP contribution in [-0.2, 0) is 6.42 Å². The quantitative estimate of drug-likeness (QED) is 0.438. The average Bonchev–Trinajstić information content (AvgIpc) is 3.13. The van der Waals surface area contributed by atoms with Gasteiger partial charge in [0, 0.05) is 17.6 Å². The lowest BCUT2D eigenvalue weighted by Crippen LogP contribution is -2.05. The van der Waals surface area contributed by atoms with Crippen LogP contribution in [0.4, 0.5) is 4.39 Å². The van der Waals surface area contributed by atoms with Crippen molar-refractivity contribution in [1.82, 2.24) is 9.38 Å². The third kappa shape index (κ3) is 3.97. The molecule has 0 radical (unpaired) electrons. The van der Waals surface area contributed by atoms with Gasteiger partial charge in [-0.25, -0.2) is 14.2 Å². The summed E-state index contributed by atoms with van der Waals surface area (Å²) in [6, 6.07) is 13.9. The Hall–Kier alpha value is -3.09. The van der Waals surface area contributed by atoms with Crippen molar-refractivity contribution in [3.63, 3.8) is 0 Å². The van der Waals surface area contributed by atoms with Crippen molar-refractivity contribution in [1.29, 1.82) is 0 Å². The van der Waals surface area contributed by atoms with Crippen LogP contribution in [0.15, 0.2) is 60.9 Å². The van der Waals surface area contributed by atoms with Gasteiger partial charge in [-0.2, -0.15) is 0 Å². The Balaban J connectivity index is 0.00000256. The number of aromatic nitrogens is 2. The van der Waals surface area contributed by atoms with Crippen LogP contribution in [0.3, 0.4) is 0 Å². The van der Waals surface area contributed by atoms with Crippen molar-refractivity contribution in [2.75, 3.05) is 7.11 Å². The van der Waals surface area contributed by atoms with E-state index in [1.807, 2.05) is 6.07 Å². The largest absolute Gasteiger partial charge is 0.496 e. The molecule has 0 amide bonds. The molecule has 2 aromatic carbocycles. The highest BCUT2D eigenvalue weighted by Gasteiger charge is 2.17. The number of ether oxygens (including phenoxy) is 1. The molecule has 8 heteroatoms. The van der Waals surface area contributed by atoms with Crippen molar-refractivity contribution in [3.8, 4) is 16.9 Å². The van der Waals surface area contributed by atoms with Crippen molar-refractivity contribution in [2.24, 2.45) is 0 Å². The first-order valence-electron chi connectivity index (χ1n) is 8.78. The van der Waals surface area contributed by atoms with Gasteiger partial charge < -0.3 is 9.84 Å². The van der Waals surface area contributed by atoms with E-state index in [4.69, 9.17) is 16.3 Å². The number of rotatable bonds is 5. The van der Waals surface area contributed by atoms with Gasteiger partial charge in [-0.15, -0.1) is 12.4 Å². The standard InChI is InChI=1S/C22H16ClFN2O3.ClH/c1-29-18-8-6-15(20(24)19(18)14-3-2-4-16(23)10-14)9-13-5-7-17-11-25-21(22(27)28)26(17)12-13;/h2-8,10-12H,9H2,1H3,(H,27,28);1H. The molecule has 154 valence electrons. The van der Waals surface area contributed by atoms with E-state index in [9.17, 15) is 9.90 Å². The van der Waals surface area contributed by atoms with E-state index in [1.54, 1.807) is 48.7 Å². The lowest BCUT2D eigenvalue weighted by Gasteiger charge is -2.14. The lowest BCUT2D eigenvalue weighted by atomic mass is 9.97. The van der Waals surface area contributed by atoms with Gasteiger partial charge >= 0.3 is 5.97 Å². The van der Waals surface area contributed by atoms with Crippen LogP contribution in [0.2, 0.25) is 5.02 Å². The van der Waals surface area contributed by atoms with Gasteiger partial charge in [0.1, 0.15) is 11.6 Å². The summed E-state index contributed by atoms with van der Waals surface area (Å²) >= 11 is 6.08. The van der Waals surface area contributed by atoms with Gasteiger partial charge in [0.05, 0.1) is 24.4 Å². The van der Waals surface area contributed by atoms with E-state index in [2.05, 4.69) is 4.98 Å². The van der Waals surface area contributed by atoms with Crippen molar-refractivity contribution in [3.05, 3.63) is 88.7 Å². The van der Waals surface area contributed by atoms with Gasteiger partial charge in [-0.3, -0.25) is 4.40 Å². The minimum Gasteiger partial charge on any atom is -0.496 e. The summed E-state index contributed by atoms with van der Waals surface area (Å²) in [5, 5.41) is 9.77. The molecule has 0 saturated heterocycles. The molecule has 0 saturated carbocycles. The van der Waals surface area contributed by atoms with E-state index in [0.29, 0.717) is 33.0 Å². The Labute approximate surface area is 183 Å². The van der Waals surface area contributed by atoms with Crippen molar-refractivity contribution in [2.45, 2.75) is 6.42 Å². The normalized spacial score (nSPS) is 10.6. The predicted molar refractivity (Wildman–Crippen MR) is 116 cm³/mol. The first-order chi connectivity index (χ1) is 14.0. The average molecular weight is 447 g/mol. The Bertz CT molecular complexity index is 1240. The Morgan fingerprint density at radius 1 is 1.23 bits per heavy atom. The van der Waals surface area contributed by atoms with Gasteiger partial charge in [0.2, 0.25) is 5.82 Å². The molecule has 2 heterocycles. The minimum atomic E-state index is -1.12. The molecule has 5 nitrogen and oxygen atoms in total. The highest BCUT2D eigenvalue weighted by molar-refractivity contribution is 6.30. The highest BCUT2D eigenvalue weighted by Crippen LogP contribution is 2.36. The smallest absolute Gasteiger partial charge is 0.372 e. The van der Waals surface area contributed by atoms with Crippen LogP contribution in [-0.4, -0.2) is 27.6 Å². The monoisotopic (exact) mass is 446 g/mol. The van der Waals surface area contributed by atoms with E-state index in [1.165, 1.54) is 17.7 Å². The van der Waals surface area contributed by atoms with E-state index < -0.39 is 11.8 Å². The maximum atomic E-state index is 15.4. The number of hydrogen-bond donors (Lipinski definition) is 1. The third-order valence-electron chi connectivity index (χ3n) is 4.69. The molecule has 4 aromatic rings. The van der Waals surface area contributed by atoms with Crippen molar-refractivity contribution < 1.29 is 19.0 Å². The van der Waals surface area contributed by atoms with Crippen LogP contribution in [0.5, 0.6) is 5.75 Å². The van der Waals surface area contributed by atoms with Crippen LogP contribution in [0.25, 0.3) is 16.6 Å². The summed E-state index contributed by atoms with van der Waals surface area (Å²) in [4.78, 5) is 15.2. The summed E-state index contributed by atoms with van der Waals surface area (Å²) in [7, 11) is 1.49. The molecular formula is C22H17Cl2FN2O3. The van der Waals surface area contributed by atoms with Gasteiger partial charge in [-0.05, 0) is 41.0 Å². The third-order valence-corrected chi connectivity index (χ3v) is 4.93. The van der Waals surface area contributed by atoms with Gasteiger partial charge in [0.15, 0.2) is 0 Å². The fourth-order valence-electron chi connectivity index (χ4n) is 3.34. The van der Waals surface area contributed by atoms with Gasteiger partial charge in [-0.1, -0.05) is 35.9 Å². The molecule has 0 fully saturated rings. The molecule has 30 heavy (non-hydrogen) atoms. The molecule has 4 rings (SSSR count). The summed E-state index contributed by atoms with van der Waals surface area (Å²) in [5.41, 5.74) is 2.81. The van der Waals surface area contributed by atoms with Crippen LogP contribution in [0, 0.1) is 5.82 Å². The van der Waals surface area contributed by atoms with Crippen LogP contribution >= 0.6 is 24.0 Å². The highest BCUT2D eigenvalue weighted by atomic mass is 35.5. The predicted octanol–water partition coefficient (Wildman–Crippen LogP) is 5.51. The molecule has 1 N–H and O–H groups in total. The number of hydrogen-bond acceptors (Lipinski definition) is 3. The van der Waals surface area contributed by atoms with E-state index >= 15 is 4.39 Å². The van der Waals surface area contributed by atoms with E-state index in [0.717, 1.165) is 5.56 Å². The second kappa shape index (κ2) is 8.73. The topological polar surface area (TPSA) is 63.8 Å². The number of carboxylic acids is 1. The zero-order chi connectivity index (χ0) is 20.5. The molecule has 0 aliphatic carbocycles. The Morgan fingerprint density at radius 3 is 2.73 bits per heavy atom. The number of imidazole rings is 1. The molecular weight excluding hydrogens is 430 g/mol. The molecule has 0 aliphatic rings. The second-order valence-electron chi connectivity index (χ2n) is 6.52. The number of carbonyl (C=O) groups is 1. The fraction of sp³-hybridized carbons (Fsp3) is 0.0909. The molecule has 0 spiro atoms. The maximum absolute atomic E-state index is 15.4. The maximum Gasteiger partial charge on any atom is 0.372 e. The molecule has 0 atom stereocenters. The summed E-state index contributed by atoms with van der Waals surface area (Å²) in [6.45, 7) is 0. The Morgan fingerprint density at radius 2 is 2.03 bits per heavy atom.